The van der Waals surface area contributed by atoms with Crippen molar-refractivity contribution < 1.29 is 0 Å². The van der Waals surface area contributed by atoms with Crippen molar-refractivity contribution in [3.05, 3.63) is 60.2 Å². The van der Waals surface area contributed by atoms with E-state index in [0.717, 1.165) is 26.2 Å². The normalized spacial score (nSPS) is 15.9. The quantitative estimate of drug-likeness (QED) is 0.805. The molecule has 2 aromatic rings. The van der Waals surface area contributed by atoms with Crippen LogP contribution in [0.5, 0.6) is 0 Å². The molecule has 1 aliphatic heterocycles. The highest BCUT2D eigenvalue weighted by molar-refractivity contribution is 5.66. The van der Waals surface area contributed by atoms with E-state index in [1.807, 2.05) is 0 Å². The van der Waals surface area contributed by atoms with Gasteiger partial charge in [0.1, 0.15) is 0 Å². The Labute approximate surface area is 115 Å². The molecule has 2 heteroatoms. The Balaban J connectivity index is 2.02. The number of para-hydroxylation sites is 2. The van der Waals surface area contributed by atoms with Crippen molar-refractivity contribution in [3.8, 4) is 0 Å². The molecule has 1 aliphatic rings. The summed E-state index contributed by atoms with van der Waals surface area (Å²) in [5.74, 6) is 0. The van der Waals surface area contributed by atoms with Crippen molar-refractivity contribution in [2.24, 2.45) is 0 Å². The third kappa shape index (κ3) is 2.49. The molecule has 0 saturated heterocycles. The van der Waals surface area contributed by atoms with Gasteiger partial charge in [-0.2, -0.15) is 0 Å². The van der Waals surface area contributed by atoms with Gasteiger partial charge in [0.15, 0.2) is 0 Å². The monoisotopic (exact) mass is 252 g/mol. The van der Waals surface area contributed by atoms with Crippen molar-refractivity contribution in [2.45, 2.75) is 13.5 Å². The second-order valence-electron chi connectivity index (χ2n) is 4.98. The van der Waals surface area contributed by atoms with Crippen LogP contribution in [0.4, 0.5) is 11.4 Å². The lowest BCUT2D eigenvalue weighted by Gasteiger charge is -2.24. The first kappa shape index (κ1) is 12.2. The summed E-state index contributed by atoms with van der Waals surface area (Å²) >= 11 is 0. The van der Waals surface area contributed by atoms with E-state index in [0.29, 0.717) is 0 Å². The summed E-state index contributed by atoms with van der Waals surface area (Å²) in [7, 11) is 0. The lowest BCUT2D eigenvalue weighted by atomic mass is 10.1. The van der Waals surface area contributed by atoms with Gasteiger partial charge in [0.2, 0.25) is 0 Å². The maximum atomic E-state index is 2.50. The number of likely N-dealkylation sites (N-methyl/N-ethyl adjacent to an activating group) is 1. The van der Waals surface area contributed by atoms with Crippen LogP contribution >= 0.6 is 0 Å². The summed E-state index contributed by atoms with van der Waals surface area (Å²) in [6.45, 7) is 6.56. The van der Waals surface area contributed by atoms with Gasteiger partial charge in [0.05, 0.1) is 0 Å². The Morgan fingerprint density at radius 1 is 0.895 bits per heavy atom. The van der Waals surface area contributed by atoms with Crippen LogP contribution < -0.4 is 4.90 Å². The van der Waals surface area contributed by atoms with Crippen molar-refractivity contribution in [2.75, 3.05) is 24.5 Å². The standard InChI is InChI=1S/C17H20N2/c1-2-18-12-13-19(16-9-4-3-5-10-16)17-11-7-6-8-15(17)14-18/h3-11H,2,12-14H2,1H3. The van der Waals surface area contributed by atoms with Gasteiger partial charge in [-0.25, -0.2) is 0 Å². The van der Waals surface area contributed by atoms with E-state index in [1.165, 1.54) is 16.9 Å². The molecule has 0 spiro atoms. The van der Waals surface area contributed by atoms with Gasteiger partial charge in [-0.05, 0) is 30.3 Å². The Morgan fingerprint density at radius 2 is 1.63 bits per heavy atom. The number of hydrogen-bond acceptors (Lipinski definition) is 2. The topological polar surface area (TPSA) is 6.48 Å². The van der Waals surface area contributed by atoms with Crippen LogP contribution in [0.3, 0.4) is 0 Å². The van der Waals surface area contributed by atoms with Crippen LogP contribution in [0.1, 0.15) is 12.5 Å². The van der Waals surface area contributed by atoms with Crippen LogP contribution in [0.2, 0.25) is 0 Å². The SMILES string of the molecule is CCN1CCN(c2ccccc2)c2ccccc2C1. The summed E-state index contributed by atoms with van der Waals surface area (Å²) in [6, 6.07) is 19.4. The molecule has 0 fully saturated rings. The molecule has 0 aliphatic carbocycles. The predicted octanol–water partition coefficient (Wildman–Crippen LogP) is 3.66. The molecule has 0 unspecified atom stereocenters. The fraction of sp³-hybridized carbons (Fsp3) is 0.294. The third-order valence-corrected chi connectivity index (χ3v) is 3.83. The van der Waals surface area contributed by atoms with Gasteiger partial charge >= 0.3 is 0 Å². The van der Waals surface area contributed by atoms with Gasteiger partial charge in [0, 0.05) is 31.0 Å². The molecule has 19 heavy (non-hydrogen) atoms. The minimum Gasteiger partial charge on any atom is -0.340 e. The molecular weight excluding hydrogens is 232 g/mol. The average Bonchev–Trinajstić information content (AvgIpc) is 2.67. The number of benzene rings is 2. The molecule has 2 aromatic carbocycles. The lowest BCUT2D eigenvalue weighted by molar-refractivity contribution is 0.294. The molecule has 2 nitrogen and oxygen atoms in total. The summed E-state index contributed by atoms with van der Waals surface area (Å²) in [4.78, 5) is 4.94. The van der Waals surface area contributed by atoms with Crippen molar-refractivity contribution >= 4 is 11.4 Å². The molecule has 0 atom stereocenters. The van der Waals surface area contributed by atoms with Crippen LogP contribution in [0.25, 0.3) is 0 Å². The summed E-state index contributed by atoms with van der Waals surface area (Å²) in [6.07, 6.45) is 0. The minimum absolute atomic E-state index is 1.05. The van der Waals surface area contributed by atoms with Crippen LogP contribution in [-0.4, -0.2) is 24.5 Å². The first-order valence-corrected chi connectivity index (χ1v) is 7.01. The molecule has 0 aromatic heterocycles. The van der Waals surface area contributed by atoms with E-state index in [9.17, 15) is 0 Å². The zero-order valence-electron chi connectivity index (χ0n) is 11.4. The zero-order chi connectivity index (χ0) is 13.1. The number of hydrogen-bond donors (Lipinski definition) is 0. The van der Waals surface area contributed by atoms with Crippen molar-refractivity contribution in [1.29, 1.82) is 0 Å². The largest absolute Gasteiger partial charge is 0.340 e. The smallest absolute Gasteiger partial charge is 0.0456 e. The minimum atomic E-state index is 1.05. The molecule has 0 amide bonds. The molecule has 0 N–H and O–H groups in total. The van der Waals surface area contributed by atoms with Gasteiger partial charge in [-0.15, -0.1) is 0 Å². The molecule has 0 bridgehead atoms. The Hall–Kier alpha value is -1.80. The van der Waals surface area contributed by atoms with E-state index in [4.69, 9.17) is 0 Å². The first-order chi connectivity index (χ1) is 9.38. The lowest BCUT2D eigenvalue weighted by Crippen LogP contribution is -2.28. The molecule has 0 saturated carbocycles. The molecule has 98 valence electrons. The van der Waals surface area contributed by atoms with E-state index < -0.39 is 0 Å². The Morgan fingerprint density at radius 3 is 2.42 bits per heavy atom. The van der Waals surface area contributed by atoms with Gasteiger partial charge in [-0.1, -0.05) is 43.3 Å². The van der Waals surface area contributed by atoms with E-state index in [2.05, 4.69) is 71.3 Å². The first-order valence-electron chi connectivity index (χ1n) is 7.01. The highest BCUT2D eigenvalue weighted by Gasteiger charge is 2.19. The average molecular weight is 252 g/mol. The number of fused-ring (bicyclic) bond motifs is 1. The molecule has 3 rings (SSSR count). The number of anilines is 2. The Kier molecular flexibility index (Phi) is 3.51. The van der Waals surface area contributed by atoms with Crippen molar-refractivity contribution in [3.63, 3.8) is 0 Å². The fourth-order valence-electron chi connectivity index (χ4n) is 2.74. The molecular formula is C17H20N2. The Bertz CT molecular complexity index is 536. The summed E-state index contributed by atoms with van der Waals surface area (Å²) in [5, 5.41) is 0. The van der Waals surface area contributed by atoms with Gasteiger partial charge in [-0.3, -0.25) is 4.90 Å². The molecule has 0 radical (unpaired) electrons. The predicted molar refractivity (Wildman–Crippen MR) is 80.8 cm³/mol. The van der Waals surface area contributed by atoms with Crippen LogP contribution in [0, 0.1) is 0 Å². The summed E-state index contributed by atoms with van der Waals surface area (Å²) < 4.78 is 0. The van der Waals surface area contributed by atoms with Gasteiger partial charge < -0.3 is 4.90 Å². The maximum Gasteiger partial charge on any atom is 0.0456 e. The van der Waals surface area contributed by atoms with E-state index >= 15 is 0 Å². The van der Waals surface area contributed by atoms with E-state index in [1.54, 1.807) is 0 Å². The van der Waals surface area contributed by atoms with Crippen LogP contribution in [-0.2, 0) is 6.54 Å². The summed E-state index contributed by atoms with van der Waals surface area (Å²) in [5.41, 5.74) is 4.06. The van der Waals surface area contributed by atoms with E-state index in [-0.39, 0.29) is 0 Å². The zero-order valence-corrected chi connectivity index (χ0v) is 11.4. The fourth-order valence-corrected chi connectivity index (χ4v) is 2.74. The van der Waals surface area contributed by atoms with Gasteiger partial charge in [0.25, 0.3) is 0 Å². The van der Waals surface area contributed by atoms with Crippen molar-refractivity contribution in [1.82, 2.24) is 4.90 Å². The maximum absolute atomic E-state index is 2.50. The second kappa shape index (κ2) is 5.45. The second-order valence-corrected chi connectivity index (χ2v) is 4.98. The number of nitrogens with zero attached hydrogens (tertiary/aromatic N) is 2. The molecule has 1 heterocycles. The van der Waals surface area contributed by atoms with Crippen LogP contribution in [0.15, 0.2) is 54.6 Å². The highest BCUT2D eigenvalue weighted by Crippen LogP contribution is 2.31. The highest BCUT2D eigenvalue weighted by atomic mass is 15.2. The third-order valence-electron chi connectivity index (χ3n) is 3.83. The number of rotatable bonds is 2.